The molecule has 1 aliphatic heterocycles. The maximum absolute atomic E-state index is 11.8. The van der Waals surface area contributed by atoms with Gasteiger partial charge in [-0.3, -0.25) is 9.59 Å². The molecule has 1 fully saturated rings. The third kappa shape index (κ3) is 4.65. The van der Waals surface area contributed by atoms with Crippen LogP contribution < -0.4 is 5.32 Å². The van der Waals surface area contributed by atoms with Crippen LogP contribution in [0.25, 0.3) is 0 Å². The first kappa shape index (κ1) is 14.0. The fraction of sp³-hybridized carbons (Fsp3) is 0.538. The van der Waals surface area contributed by atoms with Crippen molar-refractivity contribution in [3.05, 3.63) is 22.4 Å². The minimum atomic E-state index is -0.0741. The van der Waals surface area contributed by atoms with Crippen molar-refractivity contribution in [2.45, 2.75) is 12.8 Å². The van der Waals surface area contributed by atoms with Crippen molar-refractivity contribution in [2.75, 3.05) is 32.8 Å². The molecule has 2 rings (SSSR count). The van der Waals surface area contributed by atoms with Crippen LogP contribution in [0, 0.1) is 0 Å². The van der Waals surface area contributed by atoms with Crippen molar-refractivity contribution in [1.82, 2.24) is 10.2 Å². The van der Waals surface area contributed by atoms with Crippen LogP contribution in [0.1, 0.15) is 11.3 Å². The van der Waals surface area contributed by atoms with Crippen LogP contribution >= 0.6 is 11.3 Å². The topological polar surface area (TPSA) is 58.6 Å². The van der Waals surface area contributed by atoms with Gasteiger partial charge in [0, 0.05) is 24.4 Å². The van der Waals surface area contributed by atoms with Gasteiger partial charge in [0.1, 0.15) is 0 Å². The number of carbonyl (C=O) groups is 2. The molecule has 0 radical (unpaired) electrons. The Morgan fingerprint density at radius 3 is 2.84 bits per heavy atom. The molecule has 2 amide bonds. The Morgan fingerprint density at radius 2 is 2.16 bits per heavy atom. The highest BCUT2D eigenvalue weighted by Gasteiger charge is 2.17. The van der Waals surface area contributed by atoms with Crippen LogP contribution in [-0.2, 0) is 20.7 Å². The van der Waals surface area contributed by atoms with Gasteiger partial charge in [-0.2, -0.15) is 0 Å². The summed E-state index contributed by atoms with van der Waals surface area (Å²) in [5.74, 6) is -0.109. The first-order valence-corrected chi connectivity index (χ1v) is 7.28. The maximum atomic E-state index is 11.8. The summed E-state index contributed by atoms with van der Waals surface area (Å²) in [6.07, 6.45) is 1.16. The normalized spacial score (nSPS) is 15.3. The van der Waals surface area contributed by atoms with E-state index in [0.29, 0.717) is 32.7 Å². The number of rotatable bonds is 5. The summed E-state index contributed by atoms with van der Waals surface area (Å²) in [6.45, 7) is 2.48. The van der Waals surface area contributed by atoms with E-state index in [2.05, 4.69) is 5.32 Å². The minimum absolute atomic E-state index is 0.0345. The number of hydrogen-bond donors (Lipinski definition) is 1. The van der Waals surface area contributed by atoms with Crippen LogP contribution in [0.15, 0.2) is 17.5 Å². The van der Waals surface area contributed by atoms with E-state index in [0.717, 1.165) is 6.42 Å². The van der Waals surface area contributed by atoms with E-state index in [1.54, 1.807) is 16.2 Å². The quantitative estimate of drug-likeness (QED) is 0.863. The van der Waals surface area contributed by atoms with Gasteiger partial charge in [-0.05, 0) is 17.9 Å². The Balaban J connectivity index is 1.64. The van der Waals surface area contributed by atoms with E-state index in [1.165, 1.54) is 4.88 Å². The summed E-state index contributed by atoms with van der Waals surface area (Å²) in [6, 6.07) is 3.98. The first-order valence-electron chi connectivity index (χ1n) is 6.40. The molecule has 0 atom stereocenters. The molecule has 5 nitrogen and oxygen atoms in total. The highest BCUT2D eigenvalue weighted by molar-refractivity contribution is 7.09. The van der Waals surface area contributed by atoms with Crippen molar-refractivity contribution in [1.29, 1.82) is 0 Å². The number of thiophene rings is 1. The van der Waals surface area contributed by atoms with Crippen LogP contribution in [0.4, 0.5) is 0 Å². The molecular weight excluding hydrogens is 264 g/mol. The second-order valence-electron chi connectivity index (χ2n) is 4.35. The van der Waals surface area contributed by atoms with Crippen LogP contribution in [0.2, 0.25) is 0 Å². The minimum Gasteiger partial charge on any atom is -0.378 e. The monoisotopic (exact) mass is 282 g/mol. The van der Waals surface area contributed by atoms with Gasteiger partial charge in [0.2, 0.25) is 11.8 Å². The molecule has 1 aromatic heterocycles. The van der Waals surface area contributed by atoms with Crippen molar-refractivity contribution < 1.29 is 14.3 Å². The fourth-order valence-corrected chi connectivity index (χ4v) is 2.59. The summed E-state index contributed by atoms with van der Waals surface area (Å²) < 4.78 is 5.18. The van der Waals surface area contributed by atoms with E-state index in [1.807, 2.05) is 17.5 Å². The van der Waals surface area contributed by atoms with Gasteiger partial charge in [-0.25, -0.2) is 0 Å². The summed E-state index contributed by atoms with van der Waals surface area (Å²) in [5, 5.41) is 4.67. The largest absolute Gasteiger partial charge is 0.378 e. The van der Waals surface area contributed by atoms with Crippen molar-refractivity contribution in [3.8, 4) is 0 Å². The second kappa shape index (κ2) is 7.25. The number of carbonyl (C=O) groups excluding carboxylic acids is 2. The Bertz CT molecular complexity index is 414. The zero-order valence-corrected chi connectivity index (χ0v) is 11.6. The first-order chi connectivity index (χ1) is 9.25. The van der Waals surface area contributed by atoms with E-state index in [9.17, 15) is 9.59 Å². The molecule has 0 aliphatic carbocycles. The molecule has 6 heteroatoms. The summed E-state index contributed by atoms with van der Waals surface area (Å²) in [5.41, 5.74) is 0. The Labute approximate surface area is 116 Å². The number of hydrogen-bond acceptors (Lipinski definition) is 4. The maximum Gasteiger partial charge on any atom is 0.242 e. The number of aryl methyl sites for hydroxylation is 1. The van der Waals surface area contributed by atoms with Crippen LogP contribution in [0.5, 0.6) is 0 Å². The summed E-state index contributed by atoms with van der Waals surface area (Å²) in [7, 11) is 0. The molecule has 104 valence electrons. The third-order valence-corrected chi connectivity index (χ3v) is 3.92. The number of morpholine rings is 1. The van der Waals surface area contributed by atoms with Gasteiger partial charge in [0.15, 0.2) is 0 Å². The summed E-state index contributed by atoms with van der Waals surface area (Å²) in [4.78, 5) is 26.3. The van der Waals surface area contributed by atoms with Gasteiger partial charge in [-0.15, -0.1) is 11.3 Å². The Kier molecular flexibility index (Phi) is 5.35. The van der Waals surface area contributed by atoms with E-state index >= 15 is 0 Å². The van der Waals surface area contributed by atoms with Crippen molar-refractivity contribution >= 4 is 23.2 Å². The average Bonchev–Trinajstić information content (AvgIpc) is 2.96. The number of nitrogens with zero attached hydrogens (tertiary/aromatic N) is 1. The highest BCUT2D eigenvalue weighted by atomic mass is 32.1. The molecule has 1 N–H and O–H groups in total. The SMILES string of the molecule is O=C(CCc1cccs1)NCC(=O)N1CCOCC1. The third-order valence-electron chi connectivity index (χ3n) is 2.98. The van der Waals surface area contributed by atoms with E-state index < -0.39 is 0 Å². The molecule has 1 saturated heterocycles. The molecule has 1 aromatic rings. The standard InChI is InChI=1S/C13H18N2O3S/c16-12(4-3-11-2-1-9-19-11)14-10-13(17)15-5-7-18-8-6-15/h1-2,9H,3-8,10H2,(H,14,16). The lowest BCUT2D eigenvalue weighted by molar-refractivity contribution is -0.136. The van der Waals surface area contributed by atoms with Crippen LogP contribution in [-0.4, -0.2) is 49.6 Å². The molecule has 2 heterocycles. The predicted octanol–water partition coefficient (Wildman–Crippen LogP) is 0.656. The number of ether oxygens (including phenoxy) is 1. The molecular formula is C13H18N2O3S. The van der Waals surface area contributed by atoms with Gasteiger partial charge in [-0.1, -0.05) is 6.07 Å². The number of amides is 2. The van der Waals surface area contributed by atoms with E-state index in [-0.39, 0.29) is 18.4 Å². The molecule has 1 aliphatic rings. The summed E-state index contributed by atoms with van der Waals surface area (Å²) >= 11 is 1.64. The Hall–Kier alpha value is -1.40. The van der Waals surface area contributed by atoms with Crippen LogP contribution in [0.3, 0.4) is 0 Å². The smallest absolute Gasteiger partial charge is 0.242 e. The second-order valence-corrected chi connectivity index (χ2v) is 5.38. The average molecular weight is 282 g/mol. The van der Waals surface area contributed by atoms with Gasteiger partial charge >= 0.3 is 0 Å². The lowest BCUT2D eigenvalue weighted by Crippen LogP contribution is -2.45. The Morgan fingerprint density at radius 1 is 1.37 bits per heavy atom. The predicted molar refractivity (Wildman–Crippen MR) is 73.0 cm³/mol. The van der Waals surface area contributed by atoms with Crippen molar-refractivity contribution in [3.63, 3.8) is 0 Å². The molecule has 19 heavy (non-hydrogen) atoms. The van der Waals surface area contributed by atoms with Gasteiger partial charge < -0.3 is 15.0 Å². The molecule has 0 unspecified atom stereocenters. The van der Waals surface area contributed by atoms with E-state index in [4.69, 9.17) is 4.74 Å². The molecule has 0 spiro atoms. The molecule has 0 bridgehead atoms. The van der Waals surface area contributed by atoms with Gasteiger partial charge in [0.25, 0.3) is 0 Å². The zero-order valence-electron chi connectivity index (χ0n) is 10.8. The fourth-order valence-electron chi connectivity index (χ4n) is 1.88. The lowest BCUT2D eigenvalue weighted by Gasteiger charge is -2.26. The van der Waals surface area contributed by atoms with Crippen molar-refractivity contribution in [2.24, 2.45) is 0 Å². The number of nitrogens with one attached hydrogen (secondary N) is 1. The zero-order chi connectivity index (χ0) is 13.5. The lowest BCUT2D eigenvalue weighted by atomic mass is 10.2. The molecule has 0 aromatic carbocycles. The highest BCUT2D eigenvalue weighted by Crippen LogP contribution is 2.10. The molecule has 0 saturated carbocycles. The van der Waals surface area contributed by atoms with Gasteiger partial charge in [0.05, 0.1) is 19.8 Å².